The third kappa shape index (κ3) is 7.85. The summed E-state index contributed by atoms with van der Waals surface area (Å²) >= 11 is 11.0. The summed E-state index contributed by atoms with van der Waals surface area (Å²) in [5, 5.41) is 9.40. The fraction of sp³-hybridized carbons (Fsp3) is 0.125. The number of thiocarbonyl (C=S) groups is 1. The Balaban J connectivity index is 2.08. The largest absolute Gasteiger partial charge is 0.332 e. The molecule has 1 heterocycles. The van der Waals surface area contributed by atoms with Gasteiger partial charge in [-0.15, -0.1) is 11.6 Å². The van der Waals surface area contributed by atoms with Crippen LogP contribution in [0.25, 0.3) is 0 Å². The van der Waals surface area contributed by atoms with E-state index in [0.29, 0.717) is 34.5 Å². The van der Waals surface area contributed by atoms with Crippen LogP contribution in [0.2, 0.25) is 0 Å². The van der Waals surface area contributed by atoms with Crippen molar-refractivity contribution >= 4 is 46.7 Å². The lowest BCUT2D eigenvalue weighted by Gasteiger charge is -2.15. The molecule has 1 aliphatic heterocycles. The van der Waals surface area contributed by atoms with Crippen LogP contribution in [0.1, 0.15) is 15.9 Å². The lowest BCUT2D eigenvalue weighted by molar-refractivity contribution is 0.0967. The number of hydrogen-bond acceptors (Lipinski definition) is 3. The van der Waals surface area contributed by atoms with E-state index in [4.69, 9.17) is 23.8 Å². The number of aliphatic imine (C=N–C) groups is 1. The maximum absolute atomic E-state index is 12.6. The van der Waals surface area contributed by atoms with Gasteiger partial charge in [-0.25, -0.2) is 0 Å². The molecule has 1 aromatic rings. The number of nitrogens with zero attached hydrogens (tertiary/aromatic N) is 1. The molecule has 0 saturated carbocycles. The maximum atomic E-state index is 12.6. The average molecular weight is 453 g/mol. The Morgan fingerprint density at radius 3 is 2.90 bits per heavy atom. The van der Waals surface area contributed by atoms with E-state index in [1.165, 1.54) is 0 Å². The van der Waals surface area contributed by atoms with Crippen molar-refractivity contribution in [3.63, 3.8) is 0 Å². The molecule has 1 aromatic carbocycles. The van der Waals surface area contributed by atoms with Crippen LogP contribution >= 0.6 is 23.8 Å². The number of halogens is 1. The van der Waals surface area contributed by atoms with E-state index in [2.05, 4.69) is 34.1 Å². The third-order valence-electron chi connectivity index (χ3n) is 4.21. The summed E-state index contributed by atoms with van der Waals surface area (Å²) < 4.78 is 0. The van der Waals surface area contributed by atoms with Crippen LogP contribution in [0, 0.1) is 6.92 Å². The zero-order valence-electron chi connectivity index (χ0n) is 17.3. The Kier molecular flexibility index (Phi) is 9.68. The molecule has 31 heavy (non-hydrogen) atoms. The predicted octanol–water partition coefficient (Wildman–Crippen LogP) is 4.96. The van der Waals surface area contributed by atoms with Crippen LogP contribution < -0.4 is 16.0 Å². The molecular weight excluding hydrogens is 428 g/mol. The summed E-state index contributed by atoms with van der Waals surface area (Å²) in [4.78, 5) is 16.8. The van der Waals surface area contributed by atoms with Crippen molar-refractivity contribution in [1.29, 1.82) is 0 Å². The molecule has 2 rings (SSSR count). The van der Waals surface area contributed by atoms with Crippen molar-refractivity contribution in [2.45, 2.75) is 6.92 Å². The van der Waals surface area contributed by atoms with Crippen molar-refractivity contribution in [3.05, 3.63) is 102 Å². The molecule has 0 fully saturated rings. The summed E-state index contributed by atoms with van der Waals surface area (Å²) in [7, 11) is 0. The second-order valence-corrected chi connectivity index (χ2v) is 7.21. The van der Waals surface area contributed by atoms with E-state index in [1.54, 1.807) is 42.7 Å². The molecule has 0 atom stereocenters. The first-order valence-corrected chi connectivity index (χ1v) is 10.5. The van der Waals surface area contributed by atoms with Gasteiger partial charge in [0.1, 0.15) is 0 Å². The lowest BCUT2D eigenvalue weighted by Crippen LogP contribution is -2.28. The van der Waals surface area contributed by atoms with E-state index in [1.807, 2.05) is 31.2 Å². The highest BCUT2D eigenvalue weighted by molar-refractivity contribution is 7.80. The van der Waals surface area contributed by atoms with Gasteiger partial charge in [0.05, 0.1) is 6.54 Å². The molecule has 0 unspecified atom stereocenters. The Labute approximate surface area is 193 Å². The fourth-order valence-electron chi connectivity index (χ4n) is 2.54. The third-order valence-corrected chi connectivity index (χ3v) is 4.59. The van der Waals surface area contributed by atoms with E-state index >= 15 is 0 Å². The molecule has 0 bridgehead atoms. The van der Waals surface area contributed by atoms with Gasteiger partial charge < -0.3 is 16.0 Å². The van der Waals surface area contributed by atoms with Crippen LogP contribution in [0.3, 0.4) is 0 Å². The first-order valence-electron chi connectivity index (χ1n) is 9.55. The minimum absolute atomic E-state index is 0.259. The highest BCUT2D eigenvalue weighted by Gasteiger charge is 2.10. The van der Waals surface area contributed by atoms with Crippen molar-refractivity contribution in [2.24, 2.45) is 4.99 Å². The topological polar surface area (TPSA) is 65.5 Å². The van der Waals surface area contributed by atoms with Gasteiger partial charge in [0.15, 0.2) is 5.11 Å². The Morgan fingerprint density at radius 1 is 1.35 bits per heavy atom. The van der Waals surface area contributed by atoms with Crippen LogP contribution in [-0.2, 0) is 0 Å². The van der Waals surface area contributed by atoms with Gasteiger partial charge in [-0.2, -0.15) is 0 Å². The average Bonchev–Trinajstić information content (AvgIpc) is 3.04. The van der Waals surface area contributed by atoms with Gasteiger partial charge in [0.2, 0.25) is 0 Å². The summed E-state index contributed by atoms with van der Waals surface area (Å²) in [6.07, 6.45) is 14.3. The number of carbonyl (C=O) groups is 1. The smallest absolute Gasteiger partial charge is 0.255 e. The summed E-state index contributed by atoms with van der Waals surface area (Å²) in [5.41, 5.74) is 4.26. The van der Waals surface area contributed by atoms with Gasteiger partial charge in [-0.1, -0.05) is 43.5 Å². The molecule has 3 N–H and O–H groups in total. The molecule has 0 aromatic heterocycles. The number of anilines is 1. The number of amides is 1. The van der Waals surface area contributed by atoms with Gasteiger partial charge >= 0.3 is 0 Å². The summed E-state index contributed by atoms with van der Waals surface area (Å²) in [6, 6.07) is 5.35. The SMILES string of the molecule is C=C/C(=C\C=C/CCl)NC(=O)c1ccc(C)c(NC(=S)NC(=C)C2=CC=NCC=C2)c1. The van der Waals surface area contributed by atoms with Crippen molar-refractivity contribution in [3.8, 4) is 0 Å². The van der Waals surface area contributed by atoms with Gasteiger partial charge in [-0.05, 0) is 60.6 Å². The quantitative estimate of drug-likeness (QED) is 0.296. The maximum Gasteiger partial charge on any atom is 0.255 e. The van der Waals surface area contributed by atoms with E-state index in [9.17, 15) is 4.79 Å². The normalized spacial score (nSPS) is 13.4. The van der Waals surface area contributed by atoms with Crippen LogP contribution in [-0.4, -0.2) is 29.7 Å². The number of rotatable bonds is 8. The first-order chi connectivity index (χ1) is 14.9. The number of carbonyl (C=O) groups excluding carboxylic acids is 1. The highest BCUT2D eigenvalue weighted by atomic mass is 35.5. The first kappa shape index (κ1) is 24.1. The molecule has 160 valence electrons. The predicted molar refractivity (Wildman–Crippen MR) is 136 cm³/mol. The molecule has 7 heteroatoms. The number of benzene rings is 1. The number of hydrogen-bond donors (Lipinski definition) is 3. The molecule has 1 aliphatic rings. The summed E-state index contributed by atoms with van der Waals surface area (Å²) in [6.45, 7) is 10.3. The monoisotopic (exact) mass is 452 g/mol. The van der Waals surface area contributed by atoms with E-state index < -0.39 is 0 Å². The summed E-state index contributed by atoms with van der Waals surface area (Å²) in [5.74, 6) is 0.133. The van der Waals surface area contributed by atoms with Crippen molar-refractivity contribution in [2.75, 3.05) is 17.7 Å². The standard InChI is InChI=1S/C24H25ClN4OS/c1-4-21(9-5-6-13-25)28-23(30)20-11-10-17(2)22(16-20)29-24(31)27-18(3)19-8-7-14-26-15-12-19/h4-12,15-16H,1,3,13-14H2,2H3,(H,28,30)(H2,27,29,31)/b6-5-,21-9+. The molecular formula is C24H25ClN4OS. The lowest BCUT2D eigenvalue weighted by atomic mass is 10.1. The Morgan fingerprint density at radius 2 is 2.16 bits per heavy atom. The van der Waals surface area contributed by atoms with E-state index in [0.717, 1.165) is 16.8 Å². The number of nitrogens with one attached hydrogen (secondary N) is 3. The second-order valence-electron chi connectivity index (χ2n) is 6.49. The number of aryl methyl sites for hydroxylation is 1. The molecule has 0 radical (unpaired) electrons. The fourth-order valence-corrected chi connectivity index (χ4v) is 2.87. The minimum Gasteiger partial charge on any atom is -0.332 e. The molecule has 5 nitrogen and oxygen atoms in total. The van der Waals surface area contributed by atoms with Crippen LogP contribution in [0.4, 0.5) is 5.69 Å². The van der Waals surface area contributed by atoms with E-state index in [-0.39, 0.29) is 5.91 Å². The Bertz CT molecular complexity index is 1020. The van der Waals surface area contributed by atoms with Crippen molar-refractivity contribution < 1.29 is 4.79 Å². The molecule has 1 amide bonds. The highest BCUT2D eigenvalue weighted by Crippen LogP contribution is 2.18. The van der Waals surface area contributed by atoms with Gasteiger partial charge in [0, 0.05) is 34.7 Å². The molecule has 0 aliphatic carbocycles. The van der Waals surface area contributed by atoms with Crippen LogP contribution in [0.5, 0.6) is 0 Å². The van der Waals surface area contributed by atoms with Gasteiger partial charge in [0.25, 0.3) is 5.91 Å². The Hall–Kier alpha value is -3.22. The molecule has 0 spiro atoms. The number of alkyl halides is 1. The second kappa shape index (κ2) is 12.5. The van der Waals surface area contributed by atoms with Crippen LogP contribution in [0.15, 0.2) is 95.8 Å². The van der Waals surface area contributed by atoms with Gasteiger partial charge in [-0.3, -0.25) is 9.79 Å². The number of allylic oxidation sites excluding steroid dienone is 6. The molecule has 0 saturated heterocycles. The zero-order chi connectivity index (χ0) is 22.6. The van der Waals surface area contributed by atoms with Crippen molar-refractivity contribution in [1.82, 2.24) is 10.6 Å². The minimum atomic E-state index is -0.259. The zero-order valence-corrected chi connectivity index (χ0v) is 18.9.